The molecule has 0 unspecified atom stereocenters. The third kappa shape index (κ3) is 3.54. The van der Waals surface area contributed by atoms with Gasteiger partial charge in [-0.1, -0.05) is 15.9 Å². The minimum absolute atomic E-state index is 0.732. The summed E-state index contributed by atoms with van der Waals surface area (Å²) in [6.07, 6.45) is 1.81. The van der Waals surface area contributed by atoms with Crippen LogP contribution in [0.15, 0.2) is 45.5 Å². The number of aryl methyl sites for hydroxylation is 1. The fourth-order valence-corrected chi connectivity index (χ4v) is 2.23. The van der Waals surface area contributed by atoms with Crippen LogP contribution in [0, 0.1) is 6.92 Å². The summed E-state index contributed by atoms with van der Waals surface area (Å²) in [4.78, 5) is 4.32. The lowest BCUT2D eigenvalue weighted by Gasteiger charge is -2.09. The third-order valence-electron chi connectivity index (χ3n) is 2.44. The molecule has 0 aliphatic heterocycles. The highest BCUT2D eigenvalue weighted by Gasteiger charge is 1.99. The average Bonchev–Trinajstić information content (AvgIpc) is 2.30. The molecule has 0 fully saturated rings. The van der Waals surface area contributed by atoms with Gasteiger partial charge in [-0.2, -0.15) is 0 Å². The Balaban J connectivity index is 2.04. The van der Waals surface area contributed by atoms with E-state index < -0.39 is 0 Å². The van der Waals surface area contributed by atoms with Crippen molar-refractivity contribution in [2.24, 2.45) is 0 Å². The lowest BCUT2D eigenvalue weighted by molar-refractivity contribution is 1.04. The van der Waals surface area contributed by atoms with E-state index in [9.17, 15) is 0 Å². The van der Waals surface area contributed by atoms with E-state index in [-0.39, 0.29) is 0 Å². The van der Waals surface area contributed by atoms with E-state index in [4.69, 9.17) is 0 Å². The molecule has 0 aliphatic rings. The van der Waals surface area contributed by atoms with Crippen molar-refractivity contribution in [1.29, 1.82) is 0 Å². The van der Waals surface area contributed by atoms with Crippen LogP contribution in [-0.2, 0) is 6.54 Å². The topological polar surface area (TPSA) is 24.9 Å². The van der Waals surface area contributed by atoms with Gasteiger partial charge in [0.25, 0.3) is 0 Å². The Morgan fingerprint density at radius 3 is 2.53 bits per heavy atom. The van der Waals surface area contributed by atoms with Crippen molar-refractivity contribution in [1.82, 2.24) is 4.98 Å². The number of hydrogen-bond donors (Lipinski definition) is 1. The predicted molar refractivity (Wildman–Crippen MR) is 78.1 cm³/mol. The lowest BCUT2D eigenvalue weighted by Crippen LogP contribution is -2.02. The van der Waals surface area contributed by atoms with Crippen LogP contribution in [0.3, 0.4) is 0 Å². The van der Waals surface area contributed by atoms with Gasteiger partial charge in [0.15, 0.2) is 0 Å². The van der Waals surface area contributed by atoms with Gasteiger partial charge in [-0.3, -0.25) is 4.98 Å². The van der Waals surface area contributed by atoms with E-state index in [0.29, 0.717) is 0 Å². The maximum absolute atomic E-state index is 4.32. The SMILES string of the molecule is Cc1cc(Br)ccc1NCc1ccc(Br)cn1. The number of benzene rings is 1. The van der Waals surface area contributed by atoms with E-state index in [1.54, 1.807) is 0 Å². The quantitative estimate of drug-likeness (QED) is 0.875. The molecule has 4 heteroatoms. The van der Waals surface area contributed by atoms with Crippen molar-refractivity contribution >= 4 is 37.5 Å². The molecule has 1 aromatic heterocycles. The van der Waals surface area contributed by atoms with Gasteiger partial charge < -0.3 is 5.32 Å². The van der Waals surface area contributed by atoms with Gasteiger partial charge in [-0.15, -0.1) is 0 Å². The number of nitrogens with zero attached hydrogens (tertiary/aromatic N) is 1. The summed E-state index contributed by atoms with van der Waals surface area (Å²) >= 11 is 6.83. The van der Waals surface area contributed by atoms with Crippen LogP contribution in [0.2, 0.25) is 0 Å². The lowest BCUT2D eigenvalue weighted by atomic mass is 10.2. The first kappa shape index (κ1) is 12.6. The summed E-state index contributed by atoms with van der Waals surface area (Å²) in [6.45, 7) is 2.82. The molecule has 0 saturated carbocycles. The van der Waals surface area contributed by atoms with Crippen LogP contribution >= 0.6 is 31.9 Å². The van der Waals surface area contributed by atoms with Gasteiger partial charge in [0.05, 0.1) is 12.2 Å². The van der Waals surface area contributed by atoms with Gasteiger partial charge in [0, 0.05) is 20.8 Å². The van der Waals surface area contributed by atoms with Crippen LogP contribution < -0.4 is 5.32 Å². The van der Waals surface area contributed by atoms with Crippen LogP contribution in [-0.4, -0.2) is 4.98 Å². The Kier molecular flexibility index (Phi) is 4.18. The number of halogens is 2. The standard InChI is InChI=1S/C13H12Br2N2/c1-9-6-10(14)3-5-13(9)17-8-12-4-2-11(15)7-16-12/h2-7,17H,8H2,1H3. The molecule has 0 saturated heterocycles. The van der Waals surface area contributed by atoms with Crippen LogP contribution in [0.25, 0.3) is 0 Å². The van der Waals surface area contributed by atoms with Crippen LogP contribution in [0.5, 0.6) is 0 Å². The van der Waals surface area contributed by atoms with Gasteiger partial charge >= 0.3 is 0 Å². The highest BCUT2D eigenvalue weighted by molar-refractivity contribution is 9.10. The molecule has 2 rings (SSSR count). The zero-order valence-corrected chi connectivity index (χ0v) is 12.5. The number of aromatic nitrogens is 1. The molecular formula is C13H12Br2N2. The van der Waals surface area contributed by atoms with Crippen molar-refractivity contribution in [3.05, 3.63) is 56.7 Å². The molecular weight excluding hydrogens is 344 g/mol. The Hall–Kier alpha value is -0.870. The summed E-state index contributed by atoms with van der Waals surface area (Å²) in [5.74, 6) is 0. The van der Waals surface area contributed by atoms with E-state index in [2.05, 4.69) is 61.2 Å². The molecule has 0 spiro atoms. The predicted octanol–water partition coefficient (Wildman–Crippen LogP) is 4.53. The van der Waals surface area contributed by atoms with Gasteiger partial charge in [0.2, 0.25) is 0 Å². The van der Waals surface area contributed by atoms with E-state index >= 15 is 0 Å². The first-order chi connectivity index (χ1) is 8.15. The minimum Gasteiger partial charge on any atom is -0.379 e. The molecule has 2 nitrogen and oxygen atoms in total. The van der Waals surface area contributed by atoms with Crippen molar-refractivity contribution in [3.63, 3.8) is 0 Å². The molecule has 0 aliphatic carbocycles. The molecule has 0 bridgehead atoms. The fraction of sp³-hybridized carbons (Fsp3) is 0.154. The van der Waals surface area contributed by atoms with Crippen molar-refractivity contribution < 1.29 is 0 Å². The molecule has 1 N–H and O–H groups in total. The monoisotopic (exact) mass is 354 g/mol. The van der Waals surface area contributed by atoms with Gasteiger partial charge in [-0.25, -0.2) is 0 Å². The second kappa shape index (κ2) is 5.65. The first-order valence-corrected chi connectivity index (χ1v) is 6.84. The van der Waals surface area contributed by atoms with Crippen molar-refractivity contribution in [2.75, 3.05) is 5.32 Å². The summed E-state index contributed by atoms with van der Waals surface area (Å²) < 4.78 is 2.10. The number of anilines is 1. The maximum atomic E-state index is 4.32. The van der Waals surface area contributed by atoms with Gasteiger partial charge in [0.1, 0.15) is 0 Å². The maximum Gasteiger partial charge on any atom is 0.0595 e. The minimum atomic E-state index is 0.732. The molecule has 1 aromatic carbocycles. The normalized spacial score (nSPS) is 10.3. The largest absolute Gasteiger partial charge is 0.379 e. The second-order valence-corrected chi connectivity index (χ2v) is 5.61. The Morgan fingerprint density at radius 1 is 1.12 bits per heavy atom. The number of hydrogen-bond acceptors (Lipinski definition) is 2. The highest BCUT2D eigenvalue weighted by atomic mass is 79.9. The summed E-state index contributed by atoms with van der Waals surface area (Å²) in [5, 5.41) is 3.38. The van der Waals surface area contributed by atoms with Crippen LogP contribution in [0.1, 0.15) is 11.3 Å². The average molecular weight is 356 g/mol. The summed E-state index contributed by atoms with van der Waals surface area (Å²) in [6, 6.07) is 10.2. The second-order valence-electron chi connectivity index (χ2n) is 3.78. The molecule has 1 heterocycles. The van der Waals surface area contributed by atoms with E-state index in [1.807, 2.05) is 24.4 Å². The highest BCUT2D eigenvalue weighted by Crippen LogP contribution is 2.20. The van der Waals surface area contributed by atoms with Crippen LogP contribution in [0.4, 0.5) is 5.69 Å². The molecule has 0 radical (unpaired) electrons. The van der Waals surface area contributed by atoms with E-state index in [0.717, 1.165) is 26.9 Å². The molecule has 0 atom stereocenters. The summed E-state index contributed by atoms with van der Waals surface area (Å²) in [7, 11) is 0. The molecule has 17 heavy (non-hydrogen) atoms. The van der Waals surface area contributed by atoms with Crippen molar-refractivity contribution in [2.45, 2.75) is 13.5 Å². The Morgan fingerprint density at radius 2 is 1.88 bits per heavy atom. The Labute approximate surface area is 118 Å². The van der Waals surface area contributed by atoms with Gasteiger partial charge in [-0.05, 0) is 58.7 Å². The zero-order chi connectivity index (χ0) is 12.3. The van der Waals surface area contributed by atoms with E-state index in [1.165, 1.54) is 5.56 Å². The number of pyridine rings is 1. The fourth-order valence-electron chi connectivity index (χ4n) is 1.52. The number of nitrogens with one attached hydrogen (secondary N) is 1. The Bertz CT molecular complexity index is 509. The third-order valence-corrected chi connectivity index (χ3v) is 3.40. The zero-order valence-electron chi connectivity index (χ0n) is 9.37. The molecule has 0 amide bonds. The molecule has 2 aromatic rings. The number of rotatable bonds is 3. The smallest absolute Gasteiger partial charge is 0.0595 e. The molecule has 88 valence electrons. The van der Waals surface area contributed by atoms with Crippen molar-refractivity contribution in [3.8, 4) is 0 Å². The summed E-state index contributed by atoms with van der Waals surface area (Å²) in [5.41, 5.74) is 3.38. The first-order valence-electron chi connectivity index (χ1n) is 5.25.